The van der Waals surface area contributed by atoms with Crippen LogP contribution in [0.3, 0.4) is 0 Å². The van der Waals surface area contributed by atoms with E-state index in [1.807, 2.05) is 19.1 Å². The number of amides is 2. The average molecular weight is 371 g/mol. The third-order valence-electron chi connectivity index (χ3n) is 5.07. The number of carbonyl (C=O) groups excluding carboxylic acids is 3. The molecule has 1 aromatic rings. The van der Waals surface area contributed by atoms with Gasteiger partial charge >= 0.3 is 0 Å². The van der Waals surface area contributed by atoms with Crippen LogP contribution in [0.5, 0.6) is 0 Å². The van der Waals surface area contributed by atoms with Crippen LogP contribution in [-0.4, -0.2) is 35.8 Å². The van der Waals surface area contributed by atoms with Crippen molar-refractivity contribution >= 4 is 42.8 Å². The van der Waals surface area contributed by atoms with Gasteiger partial charge in [0, 0.05) is 17.6 Å². The highest BCUT2D eigenvalue weighted by atomic mass is 32.2. The fourth-order valence-electron chi connectivity index (χ4n) is 3.20. The van der Waals surface area contributed by atoms with Gasteiger partial charge in [0.1, 0.15) is 0 Å². The lowest BCUT2D eigenvalue weighted by Gasteiger charge is -2.20. The summed E-state index contributed by atoms with van der Waals surface area (Å²) in [5, 5.41) is 0.0674. The molecule has 0 bridgehead atoms. The number of hydrogen-bond donors (Lipinski definition) is 0. The molecule has 1 heterocycles. The number of hydrogen-bond acceptors (Lipinski definition) is 4. The van der Waals surface area contributed by atoms with Crippen LogP contribution >= 0.6 is 11.8 Å². The van der Waals surface area contributed by atoms with Gasteiger partial charge in [0.05, 0.1) is 16.6 Å². The topological polar surface area (TPSA) is 54.5 Å². The fourth-order valence-corrected chi connectivity index (χ4v) is 4.59. The van der Waals surface area contributed by atoms with Crippen molar-refractivity contribution in [3.63, 3.8) is 0 Å². The van der Waals surface area contributed by atoms with Crippen molar-refractivity contribution in [1.82, 2.24) is 0 Å². The molecule has 0 aliphatic carbocycles. The lowest BCUT2D eigenvalue weighted by atomic mass is 9.79. The lowest BCUT2D eigenvalue weighted by molar-refractivity contribution is -0.121. The monoisotopic (exact) mass is 371 g/mol. The molecule has 0 spiro atoms. The smallest absolute Gasteiger partial charge is 0.247 e. The van der Waals surface area contributed by atoms with Gasteiger partial charge in [0.25, 0.3) is 0 Å². The fraction of sp³-hybridized carbons (Fsp3) is 0.550. The third kappa shape index (κ3) is 4.59. The van der Waals surface area contributed by atoms with Gasteiger partial charge in [-0.25, -0.2) is 4.90 Å². The lowest BCUT2D eigenvalue weighted by Crippen LogP contribution is -2.31. The number of rotatable bonds is 8. The van der Waals surface area contributed by atoms with Gasteiger partial charge in [-0.05, 0) is 30.0 Å². The zero-order chi connectivity index (χ0) is 19.4. The van der Waals surface area contributed by atoms with Crippen molar-refractivity contribution in [1.29, 1.82) is 0 Å². The van der Waals surface area contributed by atoms with E-state index >= 15 is 0 Å². The molecule has 138 valence electrons. The molecule has 2 radical (unpaired) electrons. The van der Waals surface area contributed by atoms with Crippen molar-refractivity contribution in [3.05, 3.63) is 29.8 Å². The van der Waals surface area contributed by atoms with E-state index in [9.17, 15) is 14.4 Å². The maximum atomic E-state index is 12.7. The Balaban J connectivity index is 2.12. The minimum Gasteiger partial charge on any atom is -0.312 e. The standard InChI is InChI=1S/C20H26BNO3S/c1-5-6-12(2)26-17-11-18(23)22(20(17)25)16-9-7-15(8-10-16)13(3)14(4)19(21)24/h7-10,12-14,17H,5-6,11H2,1-4H3. The quantitative estimate of drug-likeness (QED) is 0.517. The molecule has 1 saturated heterocycles. The van der Waals surface area contributed by atoms with E-state index < -0.39 is 0 Å². The summed E-state index contributed by atoms with van der Waals surface area (Å²) in [7, 11) is 5.38. The minimum absolute atomic E-state index is 0.0234. The van der Waals surface area contributed by atoms with E-state index in [2.05, 4.69) is 13.8 Å². The van der Waals surface area contributed by atoms with Crippen LogP contribution in [0.4, 0.5) is 5.69 Å². The maximum Gasteiger partial charge on any atom is 0.247 e. The highest BCUT2D eigenvalue weighted by Gasteiger charge is 2.40. The first kappa shape index (κ1) is 20.8. The Morgan fingerprint density at radius 3 is 2.38 bits per heavy atom. The predicted octanol–water partition coefficient (Wildman–Crippen LogP) is 3.68. The summed E-state index contributed by atoms with van der Waals surface area (Å²) >= 11 is 1.59. The number of benzene rings is 1. The molecule has 0 saturated carbocycles. The molecule has 6 heteroatoms. The Bertz CT molecular complexity index is 676. The molecular weight excluding hydrogens is 345 g/mol. The highest BCUT2D eigenvalue weighted by molar-refractivity contribution is 8.01. The van der Waals surface area contributed by atoms with Crippen LogP contribution < -0.4 is 4.90 Å². The number of nitrogens with zero attached hydrogens (tertiary/aromatic N) is 1. The normalized spacial score (nSPS) is 20.9. The van der Waals surface area contributed by atoms with E-state index in [0.29, 0.717) is 10.9 Å². The summed E-state index contributed by atoms with van der Waals surface area (Å²) in [6, 6.07) is 7.27. The van der Waals surface area contributed by atoms with E-state index in [-0.39, 0.29) is 41.0 Å². The van der Waals surface area contributed by atoms with Gasteiger partial charge in [-0.2, -0.15) is 0 Å². The van der Waals surface area contributed by atoms with E-state index in [1.165, 1.54) is 4.90 Å². The number of imide groups is 1. The van der Waals surface area contributed by atoms with Crippen LogP contribution in [0.15, 0.2) is 24.3 Å². The summed E-state index contributed by atoms with van der Waals surface area (Å²) in [5.74, 6) is -0.585. The molecule has 0 N–H and O–H groups in total. The Morgan fingerprint density at radius 1 is 1.23 bits per heavy atom. The van der Waals surface area contributed by atoms with Gasteiger partial charge < -0.3 is 4.79 Å². The molecule has 1 fully saturated rings. The van der Waals surface area contributed by atoms with E-state index in [0.717, 1.165) is 18.4 Å². The second kappa shape index (κ2) is 8.89. The Hall–Kier alpha value is -1.56. The van der Waals surface area contributed by atoms with Crippen LogP contribution in [0.2, 0.25) is 0 Å². The van der Waals surface area contributed by atoms with Crippen molar-refractivity contribution in [3.8, 4) is 0 Å². The molecule has 1 aliphatic heterocycles. The van der Waals surface area contributed by atoms with Crippen molar-refractivity contribution in [2.24, 2.45) is 5.92 Å². The maximum absolute atomic E-state index is 12.7. The zero-order valence-corrected chi connectivity index (χ0v) is 16.7. The molecule has 4 nitrogen and oxygen atoms in total. The molecule has 0 aromatic heterocycles. The number of carbonyl (C=O) groups is 3. The van der Waals surface area contributed by atoms with E-state index in [1.54, 1.807) is 30.8 Å². The first-order valence-corrected chi connectivity index (χ1v) is 10.1. The molecule has 2 amide bonds. The molecule has 1 aromatic carbocycles. The van der Waals surface area contributed by atoms with E-state index in [4.69, 9.17) is 7.85 Å². The molecule has 4 unspecified atom stereocenters. The summed E-state index contributed by atoms with van der Waals surface area (Å²) in [5.41, 5.74) is 1.21. The van der Waals surface area contributed by atoms with Gasteiger partial charge in [-0.3, -0.25) is 9.59 Å². The SMILES string of the molecule is [B]C(=O)C(C)C(C)c1ccc(N2C(=O)CC(SC(C)CCC)C2=O)cc1. The molecular formula is C20H26BNO3S. The summed E-state index contributed by atoms with van der Waals surface area (Å²) < 4.78 is 0. The average Bonchev–Trinajstić information content (AvgIpc) is 2.87. The van der Waals surface area contributed by atoms with Gasteiger partial charge in [-0.1, -0.05) is 46.2 Å². The summed E-state index contributed by atoms with van der Waals surface area (Å²) in [4.78, 5) is 37.7. The predicted molar refractivity (Wildman–Crippen MR) is 108 cm³/mol. The van der Waals surface area contributed by atoms with Crippen molar-refractivity contribution in [2.45, 2.75) is 63.4 Å². The number of thioether (sulfide) groups is 1. The Kier molecular flexibility index (Phi) is 7.10. The zero-order valence-electron chi connectivity index (χ0n) is 15.9. The molecule has 4 atom stereocenters. The number of anilines is 1. The molecule has 1 aliphatic rings. The second-order valence-corrected chi connectivity index (χ2v) is 8.71. The largest absolute Gasteiger partial charge is 0.312 e. The summed E-state index contributed by atoms with van der Waals surface area (Å²) in [6.45, 7) is 7.96. The minimum atomic E-state index is -0.340. The van der Waals surface area contributed by atoms with Crippen molar-refractivity contribution in [2.75, 3.05) is 4.90 Å². The van der Waals surface area contributed by atoms with Crippen LogP contribution in [0, 0.1) is 5.92 Å². The second-order valence-electron chi connectivity index (χ2n) is 7.07. The van der Waals surface area contributed by atoms with Gasteiger partial charge in [0.2, 0.25) is 11.8 Å². The van der Waals surface area contributed by atoms with Crippen LogP contribution in [0.1, 0.15) is 58.4 Å². The summed E-state index contributed by atoms with van der Waals surface area (Å²) in [6.07, 6.45) is 2.36. The molecule has 26 heavy (non-hydrogen) atoms. The molecule has 2 rings (SSSR count). The van der Waals surface area contributed by atoms with Gasteiger partial charge in [-0.15, -0.1) is 11.8 Å². The van der Waals surface area contributed by atoms with Crippen LogP contribution in [-0.2, 0) is 14.4 Å². The Labute approximate surface area is 161 Å². The van der Waals surface area contributed by atoms with Crippen LogP contribution in [0.25, 0.3) is 0 Å². The highest BCUT2D eigenvalue weighted by Crippen LogP contribution is 2.34. The van der Waals surface area contributed by atoms with Gasteiger partial charge in [0.15, 0.2) is 7.85 Å². The first-order chi connectivity index (χ1) is 12.3. The third-order valence-corrected chi connectivity index (χ3v) is 6.47. The van der Waals surface area contributed by atoms with Crippen molar-refractivity contribution < 1.29 is 14.4 Å². The first-order valence-electron chi connectivity index (χ1n) is 9.17. The Morgan fingerprint density at radius 2 is 1.85 bits per heavy atom.